The van der Waals surface area contributed by atoms with Gasteiger partial charge in [0.1, 0.15) is 0 Å². The Morgan fingerprint density at radius 1 is 1.14 bits per heavy atom. The van der Waals surface area contributed by atoms with Crippen molar-refractivity contribution in [2.45, 2.75) is 26.4 Å². The van der Waals surface area contributed by atoms with E-state index in [0.29, 0.717) is 5.92 Å². The number of likely N-dealkylation sites (N-methyl/N-ethyl adjacent to an activating group) is 1. The maximum absolute atomic E-state index is 9.78. The van der Waals surface area contributed by atoms with Crippen molar-refractivity contribution in [1.29, 1.82) is 0 Å². The van der Waals surface area contributed by atoms with Crippen molar-refractivity contribution in [2.75, 3.05) is 39.8 Å². The summed E-state index contributed by atoms with van der Waals surface area (Å²) in [7, 11) is 2.17. The Kier molecular flexibility index (Phi) is 4.85. The van der Waals surface area contributed by atoms with Gasteiger partial charge >= 0.3 is 0 Å². The molecular formula is C11H24N2O. The SMILES string of the molecule is CC(C)C(O)CN1CCCN(C)CC1. The Balaban J connectivity index is 2.30. The molecule has 1 aliphatic rings. The van der Waals surface area contributed by atoms with E-state index in [-0.39, 0.29) is 6.10 Å². The maximum atomic E-state index is 9.78. The molecule has 1 heterocycles. The summed E-state index contributed by atoms with van der Waals surface area (Å²) in [5.41, 5.74) is 0. The van der Waals surface area contributed by atoms with E-state index in [1.165, 1.54) is 13.0 Å². The number of aliphatic hydroxyl groups excluding tert-OH is 1. The first kappa shape index (κ1) is 12.0. The Hall–Kier alpha value is -0.120. The summed E-state index contributed by atoms with van der Waals surface area (Å²) in [6.07, 6.45) is 1.06. The van der Waals surface area contributed by atoms with Crippen LogP contribution in [0.15, 0.2) is 0 Å². The molecule has 1 saturated heterocycles. The number of rotatable bonds is 3. The quantitative estimate of drug-likeness (QED) is 0.724. The molecule has 84 valence electrons. The van der Waals surface area contributed by atoms with Crippen molar-refractivity contribution >= 4 is 0 Å². The maximum Gasteiger partial charge on any atom is 0.0689 e. The Morgan fingerprint density at radius 2 is 1.86 bits per heavy atom. The van der Waals surface area contributed by atoms with E-state index >= 15 is 0 Å². The van der Waals surface area contributed by atoms with Crippen molar-refractivity contribution in [2.24, 2.45) is 5.92 Å². The minimum absolute atomic E-state index is 0.168. The molecule has 1 aliphatic heterocycles. The molecule has 0 saturated carbocycles. The summed E-state index contributed by atoms with van der Waals surface area (Å²) in [5, 5.41) is 9.78. The number of nitrogens with zero attached hydrogens (tertiary/aromatic N) is 2. The number of hydrogen-bond donors (Lipinski definition) is 1. The average Bonchev–Trinajstić information content (AvgIpc) is 2.31. The van der Waals surface area contributed by atoms with Crippen molar-refractivity contribution in [3.8, 4) is 0 Å². The highest BCUT2D eigenvalue weighted by Crippen LogP contribution is 2.06. The normalized spacial score (nSPS) is 23.8. The summed E-state index contributed by atoms with van der Waals surface area (Å²) in [4.78, 5) is 4.75. The van der Waals surface area contributed by atoms with Crippen molar-refractivity contribution < 1.29 is 5.11 Å². The lowest BCUT2D eigenvalue weighted by Gasteiger charge is -2.25. The molecule has 1 unspecified atom stereocenters. The number of hydrogen-bond acceptors (Lipinski definition) is 3. The lowest BCUT2D eigenvalue weighted by molar-refractivity contribution is 0.0779. The fourth-order valence-corrected chi connectivity index (χ4v) is 1.76. The summed E-state index contributed by atoms with van der Waals surface area (Å²) in [6.45, 7) is 9.54. The molecule has 0 bridgehead atoms. The first-order valence-electron chi connectivity index (χ1n) is 5.68. The standard InChI is InChI=1S/C11H24N2O/c1-10(2)11(14)9-13-6-4-5-12(3)7-8-13/h10-11,14H,4-9H2,1-3H3. The van der Waals surface area contributed by atoms with Gasteiger partial charge in [0, 0.05) is 19.6 Å². The van der Waals surface area contributed by atoms with Gasteiger partial charge in [-0.15, -0.1) is 0 Å². The fraction of sp³-hybridized carbons (Fsp3) is 1.00. The van der Waals surface area contributed by atoms with Crippen LogP contribution in [0.5, 0.6) is 0 Å². The van der Waals surface area contributed by atoms with Crippen LogP contribution in [0.3, 0.4) is 0 Å². The van der Waals surface area contributed by atoms with Gasteiger partial charge in [0.15, 0.2) is 0 Å². The second-order valence-electron chi connectivity index (χ2n) is 4.77. The molecule has 1 rings (SSSR count). The molecule has 0 aromatic rings. The highest BCUT2D eigenvalue weighted by Gasteiger charge is 2.17. The minimum atomic E-state index is -0.168. The van der Waals surface area contributed by atoms with Crippen molar-refractivity contribution in [3.63, 3.8) is 0 Å². The highest BCUT2D eigenvalue weighted by molar-refractivity contribution is 4.71. The molecule has 0 amide bonds. The Labute approximate surface area is 87.7 Å². The van der Waals surface area contributed by atoms with Gasteiger partial charge in [-0.25, -0.2) is 0 Å². The Bertz CT molecular complexity index is 161. The zero-order valence-electron chi connectivity index (χ0n) is 9.74. The topological polar surface area (TPSA) is 26.7 Å². The van der Waals surface area contributed by atoms with Gasteiger partial charge in [-0.05, 0) is 32.5 Å². The van der Waals surface area contributed by atoms with Gasteiger partial charge in [-0.2, -0.15) is 0 Å². The van der Waals surface area contributed by atoms with Crippen LogP contribution < -0.4 is 0 Å². The van der Waals surface area contributed by atoms with Gasteiger partial charge in [-0.1, -0.05) is 13.8 Å². The fourth-order valence-electron chi connectivity index (χ4n) is 1.76. The van der Waals surface area contributed by atoms with Crippen LogP contribution in [-0.2, 0) is 0 Å². The van der Waals surface area contributed by atoms with Gasteiger partial charge in [0.25, 0.3) is 0 Å². The van der Waals surface area contributed by atoms with Crippen LogP contribution in [0.2, 0.25) is 0 Å². The van der Waals surface area contributed by atoms with E-state index in [0.717, 1.165) is 26.2 Å². The lowest BCUT2D eigenvalue weighted by atomic mass is 10.1. The molecule has 0 aromatic heterocycles. The molecule has 0 aliphatic carbocycles. The highest BCUT2D eigenvalue weighted by atomic mass is 16.3. The van der Waals surface area contributed by atoms with Crippen LogP contribution in [0, 0.1) is 5.92 Å². The van der Waals surface area contributed by atoms with E-state index in [9.17, 15) is 5.11 Å². The monoisotopic (exact) mass is 200 g/mol. The average molecular weight is 200 g/mol. The third kappa shape index (κ3) is 3.95. The molecule has 0 spiro atoms. The van der Waals surface area contributed by atoms with Gasteiger partial charge in [-0.3, -0.25) is 4.90 Å². The zero-order valence-corrected chi connectivity index (χ0v) is 9.74. The molecule has 0 aromatic carbocycles. The molecule has 1 N–H and O–H groups in total. The third-order valence-corrected chi connectivity index (χ3v) is 3.03. The molecule has 1 atom stereocenters. The van der Waals surface area contributed by atoms with Crippen LogP contribution in [0.1, 0.15) is 20.3 Å². The molecule has 0 radical (unpaired) electrons. The van der Waals surface area contributed by atoms with Gasteiger partial charge in [0.05, 0.1) is 6.10 Å². The third-order valence-electron chi connectivity index (χ3n) is 3.03. The van der Waals surface area contributed by atoms with Crippen LogP contribution in [-0.4, -0.2) is 60.8 Å². The van der Waals surface area contributed by atoms with E-state index in [1.807, 2.05) is 0 Å². The molecule has 3 nitrogen and oxygen atoms in total. The summed E-state index contributed by atoms with van der Waals surface area (Å²) >= 11 is 0. The second kappa shape index (κ2) is 5.69. The smallest absolute Gasteiger partial charge is 0.0689 e. The zero-order chi connectivity index (χ0) is 10.6. The van der Waals surface area contributed by atoms with E-state index < -0.39 is 0 Å². The second-order valence-corrected chi connectivity index (χ2v) is 4.77. The summed E-state index contributed by atoms with van der Waals surface area (Å²) in [6, 6.07) is 0. The van der Waals surface area contributed by atoms with E-state index in [1.54, 1.807) is 0 Å². The predicted molar refractivity (Wildman–Crippen MR) is 59.4 cm³/mol. The van der Waals surface area contributed by atoms with Gasteiger partial charge in [0.2, 0.25) is 0 Å². The van der Waals surface area contributed by atoms with Gasteiger partial charge < -0.3 is 10.0 Å². The number of β-amino-alcohol motifs (C(OH)–C–C–N with tert-alkyl or cyclic N) is 1. The van der Waals surface area contributed by atoms with E-state index in [2.05, 4.69) is 30.7 Å². The van der Waals surface area contributed by atoms with Crippen molar-refractivity contribution in [3.05, 3.63) is 0 Å². The lowest BCUT2D eigenvalue weighted by Crippen LogP contribution is -2.37. The molecule has 14 heavy (non-hydrogen) atoms. The Morgan fingerprint density at radius 3 is 2.50 bits per heavy atom. The molecular weight excluding hydrogens is 176 g/mol. The van der Waals surface area contributed by atoms with E-state index in [4.69, 9.17) is 0 Å². The molecule has 3 heteroatoms. The van der Waals surface area contributed by atoms with Crippen LogP contribution in [0.4, 0.5) is 0 Å². The number of aliphatic hydroxyl groups is 1. The molecule has 1 fully saturated rings. The summed E-state index contributed by atoms with van der Waals surface area (Å²) < 4.78 is 0. The minimum Gasteiger partial charge on any atom is -0.392 e. The summed E-state index contributed by atoms with van der Waals surface area (Å²) in [5.74, 6) is 0.371. The van der Waals surface area contributed by atoms with Crippen LogP contribution in [0.25, 0.3) is 0 Å². The first-order chi connectivity index (χ1) is 6.59. The van der Waals surface area contributed by atoms with Crippen molar-refractivity contribution in [1.82, 2.24) is 9.80 Å². The van der Waals surface area contributed by atoms with Crippen LogP contribution >= 0.6 is 0 Å². The largest absolute Gasteiger partial charge is 0.392 e. The first-order valence-corrected chi connectivity index (χ1v) is 5.68. The predicted octanol–water partition coefficient (Wildman–Crippen LogP) is 0.641.